The summed E-state index contributed by atoms with van der Waals surface area (Å²) >= 11 is 0. The summed E-state index contributed by atoms with van der Waals surface area (Å²) in [6, 6.07) is 5.06. The second-order valence-electron chi connectivity index (χ2n) is 4.63. The van der Waals surface area contributed by atoms with Gasteiger partial charge in [-0.05, 0) is 12.1 Å². The first-order valence-electron chi connectivity index (χ1n) is 6.60. The lowest BCUT2D eigenvalue weighted by atomic mass is 10.2. The third-order valence-electron chi connectivity index (χ3n) is 3.17. The van der Waals surface area contributed by atoms with E-state index in [4.69, 9.17) is 9.84 Å². The van der Waals surface area contributed by atoms with E-state index < -0.39 is 23.3 Å². The van der Waals surface area contributed by atoms with E-state index in [9.17, 15) is 19.7 Å². The highest BCUT2D eigenvalue weighted by atomic mass is 16.6. The van der Waals surface area contributed by atoms with Crippen LogP contribution in [0.1, 0.15) is 10.4 Å². The molecular weight excluding hydrogens is 294 g/mol. The number of carbonyl (C=O) groups is 2. The molecule has 1 amide bonds. The summed E-state index contributed by atoms with van der Waals surface area (Å²) in [5.41, 5.74) is 0.0612. The summed E-state index contributed by atoms with van der Waals surface area (Å²) in [6.45, 7) is 1.15. The Bertz CT molecular complexity index is 568. The van der Waals surface area contributed by atoms with Crippen molar-refractivity contribution in [3.05, 3.63) is 39.9 Å². The Labute approximate surface area is 125 Å². The summed E-state index contributed by atoms with van der Waals surface area (Å²) in [7, 11) is 0. The van der Waals surface area contributed by atoms with Gasteiger partial charge in [-0.1, -0.05) is 0 Å². The SMILES string of the molecule is O=C(O)CN(C(=O)c1ccc([N+](=O)[O-])cc1)N1CCOCC1. The quantitative estimate of drug-likeness (QED) is 0.617. The van der Waals surface area contributed by atoms with Crippen LogP contribution in [0, 0.1) is 10.1 Å². The van der Waals surface area contributed by atoms with Gasteiger partial charge < -0.3 is 9.84 Å². The van der Waals surface area contributed by atoms with Crippen LogP contribution in [-0.2, 0) is 9.53 Å². The van der Waals surface area contributed by atoms with Crippen molar-refractivity contribution in [2.75, 3.05) is 32.8 Å². The standard InChI is InChI=1S/C13H15N3O6/c17-12(18)9-15(14-5-7-22-8-6-14)13(19)10-1-3-11(4-2-10)16(20)21/h1-4H,5-9H2,(H,17,18). The van der Waals surface area contributed by atoms with Gasteiger partial charge in [0, 0.05) is 30.8 Å². The second kappa shape index (κ2) is 6.96. The zero-order chi connectivity index (χ0) is 16.1. The number of nitro benzene ring substituents is 1. The van der Waals surface area contributed by atoms with Crippen molar-refractivity contribution in [3.63, 3.8) is 0 Å². The number of hydrazine groups is 1. The summed E-state index contributed by atoms with van der Waals surface area (Å²) in [5, 5.41) is 22.3. The Morgan fingerprint density at radius 1 is 1.27 bits per heavy atom. The lowest BCUT2D eigenvalue weighted by molar-refractivity contribution is -0.384. The fourth-order valence-corrected chi connectivity index (χ4v) is 2.10. The van der Waals surface area contributed by atoms with Crippen LogP contribution in [0.2, 0.25) is 0 Å². The molecule has 2 rings (SSSR count). The molecule has 0 bridgehead atoms. The third kappa shape index (κ3) is 3.77. The number of carboxylic acid groups (broad SMARTS) is 1. The van der Waals surface area contributed by atoms with Crippen LogP contribution in [0.15, 0.2) is 24.3 Å². The maximum Gasteiger partial charge on any atom is 0.324 e. The number of nitro groups is 1. The molecule has 0 saturated carbocycles. The minimum absolute atomic E-state index is 0.132. The van der Waals surface area contributed by atoms with Crippen LogP contribution >= 0.6 is 0 Å². The Hall–Kier alpha value is -2.52. The van der Waals surface area contributed by atoms with Crippen LogP contribution < -0.4 is 0 Å². The highest BCUT2D eigenvalue weighted by Crippen LogP contribution is 2.15. The second-order valence-corrected chi connectivity index (χ2v) is 4.63. The van der Waals surface area contributed by atoms with E-state index in [1.165, 1.54) is 24.3 Å². The first-order valence-corrected chi connectivity index (χ1v) is 6.60. The maximum atomic E-state index is 12.5. The molecule has 1 aromatic rings. The summed E-state index contributed by atoms with van der Waals surface area (Å²) < 4.78 is 5.18. The predicted molar refractivity (Wildman–Crippen MR) is 74.2 cm³/mol. The topological polar surface area (TPSA) is 113 Å². The Morgan fingerprint density at radius 2 is 1.86 bits per heavy atom. The van der Waals surface area contributed by atoms with Gasteiger partial charge >= 0.3 is 5.97 Å². The van der Waals surface area contributed by atoms with E-state index >= 15 is 0 Å². The van der Waals surface area contributed by atoms with Crippen LogP contribution in [0.3, 0.4) is 0 Å². The average Bonchev–Trinajstić information content (AvgIpc) is 2.52. The number of morpholine rings is 1. The van der Waals surface area contributed by atoms with Gasteiger partial charge in [0.15, 0.2) is 0 Å². The van der Waals surface area contributed by atoms with Crippen molar-refractivity contribution in [2.24, 2.45) is 0 Å². The highest BCUT2D eigenvalue weighted by Gasteiger charge is 2.26. The van der Waals surface area contributed by atoms with Crippen LogP contribution in [0.4, 0.5) is 5.69 Å². The summed E-state index contributed by atoms with van der Waals surface area (Å²) in [5.74, 6) is -1.65. The van der Waals surface area contributed by atoms with Gasteiger partial charge in [-0.3, -0.25) is 24.7 Å². The van der Waals surface area contributed by atoms with Crippen LogP contribution in [-0.4, -0.2) is 64.8 Å². The van der Waals surface area contributed by atoms with Crippen molar-refractivity contribution in [1.82, 2.24) is 10.0 Å². The minimum Gasteiger partial charge on any atom is -0.480 e. The zero-order valence-electron chi connectivity index (χ0n) is 11.7. The van der Waals surface area contributed by atoms with Crippen molar-refractivity contribution >= 4 is 17.6 Å². The highest BCUT2D eigenvalue weighted by molar-refractivity contribution is 5.95. The molecule has 0 unspecified atom stereocenters. The third-order valence-corrected chi connectivity index (χ3v) is 3.17. The molecule has 1 heterocycles. The number of hydrogen-bond acceptors (Lipinski definition) is 6. The summed E-state index contributed by atoms with van der Waals surface area (Å²) in [4.78, 5) is 33.5. The molecule has 1 N–H and O–H groups in total. The van der Waals surface area contributed by atoms with Crippen molar-refractivity contribution in [3.8, 4) is 0 Å². The van der Waals surface area contributed by atoms with E-state index in [-0.39, 0.29) is 11.3 Å². The molecule has 1 aliphatic rings. The van der Waals surface area contributed by atoms with Gasteiger partial charge in [0.25, 0.3) is 11.6 Å². The maximum absolute atomic E-state index is 12.5. The number of amides is 1. The molecule has 1 aromatic carbocycles. The number of carboxylic acids is 1. The first-order chi connectivity index (χ1) is 10.5. The Kier molecular flexibility index (Phi) is 5.02. The first kappa shape index (κ1) is 15.9. The van der Waals surface area contributed by atoms with Gasteiger partial charge in [-0.25, -0.2) is 5.01 Å². The number of aliphatic carboxylic acids is 1. The van der Waals surface area contributed by atoms with Crippen molar-refractivity contribution < 1.29 is 24.4 Å². The molecule has 9 heteroatoms. The molecule has 1 aliphatic heterocycles. The van der Waals surface area contributed by atoms with Gasteiger partial charge in [-0.2, -0.15) is 0 Å². The molecule has 118 valence electrons. The van der Waals surface area contributed by atoms with Crippen LogP contribution in [0.25, 0.3) is 0 Å². The molecular formula is C13H15N3O6. The molecule has 0 spiro atoms. The van der Waals surface area contributed by atoms with E-state index in [1.807, 2.05) is 0 Å². The molecule has 1 fully saturated rings. The van der Waals surface area contributed by atoms with E-state index in [0.29, 0.717) is 26.3 Å². The molecule has 0 aromatic heterocycles. The van der Waals surface area contributed by atoms with Gasteiger partial charge in [0.1, 0.15) is 6.54 Å². The van der Waals surface area contributed by atoms with Crippen molar-refractivity contribution in [2.45, 2.75) is 0 Å². The monoisotopic (exact) mass is 309 g/mol. The lowest BCUT2D eigenvalue weighted by Crippen LogP contribution is -2.53. The molecule has 9 nitrogen and oxygen atoms in total. The molecule has 0 atom stereocenters. The van der Waals surface area contributed by atoms with E-state index in [2.05, 4.69) is 0 Å². The number of non-ortho nitro benzene ring substituents is 1. The molecule has 1 saturated heterocycles. The Balaban J connectivity index is 2.19. The summed E-state index contributed by atoms with van der Waals surface area (Å²) in [6.07, 6.45) is 0. The molecule has 22 heavy (non-hydrogen) atoms. The smallest absolute Gasteiger partial charge is 0.324 e. The Morgan fingerprint density at radius 3 is 2.36 bits per heavy atom. The minimum atomic E-state index is -1.14. The van der Waals surface area contributed by atoms with Gasteiger partial charge in [0.05, 0.1) is 18.1 Å². The number of ether oxygens (including phenoxy) is 1. The number of benzene rings is 1. The zero-order valence-corrected chi connectivity index (χ0v) is 11.7. The number of rotatable bonds is 5. The van der Waals surface area contributed by atoms with Crippen LogP contribution in [0.5, 0.6) is 0 Å². The average molecular weight is 309 g/mol. The van der Waals surface area contributed by atoms with Crippen molar-refractivity contribution in [1.29, 1.82) is 0 Å². The van der Waals surface area contributed by atoms with E-state index in [1.54, 1.807) is 5.01 Å². The fourth-order valence-electron chi connectivity index (χ4n) is 2.10. The fraction of sp³-hybridized carbons (Fsp3) is 0.385. The van der Waals surface area contributed by atoms with Gasteiger partial charge in [0.2, 0.25) is 0 Å². The molecule has 0 aliphatic carbocycles. The number of hydrogen-bond donors (Lipinski definition) is 1. The van der Waals surface area contributed by atoms with Gasteiger partial charge in [-0.15, -0.1) is 0 Å². The molecule has 0 radical (unpaired) electrons. The predicted octanol–water partition coefficient (Wildman–Crippen LogP) is 0.369. The number of carbonyl (C=O) groups excluding carboxylic acids is 1. The number of nitrogens with zero attached hydrogens (tertiary/aromatic N) is 3. The van der Waals surface area contributed by atoms with E-state index in [0.717, 1.165) is 5.01 Å². The normalized spacial score (nSPS) is 15.3. The largest absolute Gasteiger partial charge is 0.480 e. The lowest BCUT2D eigenvalue weighted by Gasteiger charge is -2.36.